The van der Waals surface area contributed by atoms with Crippen molar-refractivity contribution in [3.63, 3.8) is 0 Å². The van der Waals surface area contributed by atoms with Crippen molar-refractivity contribution in [1.29, 1.82) is 0 Å². The van der Waals surface area contributed by atoms with Crippen molar-refractivity contribution < 1.29 is 8.22 Å². The van der Waals surface area contributed by atoms with Crippen LogP contribution in [0.3, 0.4) is 0 Å². The maximum Gasteiger partial charge on any atom is 0.164 e. The predicted molar refractivity (Wildman–Crippen MR) is 244 cm³/mol. The second-order valence-corrected chi connectivity index (χ2v) is 15.4. The Bertz CT molecular complexity index is 3780. The molecule has 0 saturated carbocycles. The highest BCUT2D eigenvalue weighted by Gasteiger charge is 2.21. The molecule has 5 heteroatoms. The molecule has 0 saturated heterocycles. The van der Waals surface area contributed by atoms with Crippen molar-refractivity contribution >= 4 is 74.9 Å². The highest BCUT2D eigenvalue weighted by atomic mass is 32.1. The third-order valence-electron chi connectivity index (χ3n) is 11.0. The van der Waals surface area contributed by atoms with E-state index in [1.165, 1.54) is 12.1 Å². The molecule has 0 spiro atoms. The van der Waals surface area contributed by atoms with Crippen molar-refractivity contribution in [3.05, 3.63) is 194 Å². The first kappa shape index (κ1) is 27.2. The van der Waals surface area contributed by atoms with Crippen molar-refractivity contribution in [2.75, 3.05) is 0 Å². The van der Waals surface area contributed by atoms with Crippen LogP contribution in [0.25, 0.3) is 115 Å². The molecule has 3 aromatic heterocycles. The number of benzene rings is 9. The van der Waals surface area contributed by atoms with E-state index in [4.69, 9.17) is 20.4 Å². The van der Waals surface area contributed by atoms with Crippen molar-refractivity contribution in [2.24, 2.45) is 0 Å². The summed E-state index contributed by atoms with van der Waals surface area (Å²) in [5.41, 5.74) is 5.09. The minimum Gasteiger partial charge on any atom is -0.309 e. The van der Waals surface area contributed by atoms with Gasteiger partial charge >= 0.3 is 0 Å². The number of aromatic nitrogens is 4. The molecule has 3 heterocycles. The Morgan fingerprint density at radius 3 is 1.59 bits per heavy atom. The molecule has 0 fully saturated rings. The summed E-state index contributed by atoms with van der Waals surface area (Å²) in [6, 6.07) is 51.1. The molecule has 0 bridgehead atoms. The Labute approximate surface area is 346 Å². The van der Waals surface area contributed by atoms with Gasteiger partial charge in [0.1, 0.15) is 0 Å². The van der Waals surface area contributed by atoms with E-state index in [9.17, 15) is 2.74 Å². The fraction of sp³-hybridized carbons (Fsp3) is 0. The van der Waals surface area contributed by atoms with E-state index in [1.807, 2.05) is 72.8 Å². The molecule has 0 radical (unpaired) electrons. The average molecular weight is 763 g/mol. The van der Waals surface area contributed by atoms with Gasteiger partial charge in [0, 0.05) is 58.8 Å². The minimum absolute atomic E-state index is 0.0358. The van der Waals surface area contributed by atoms with Crippen LogP contribution in [0.1, 0.15) is 8.22 Å². The van der Waals surface area contributed by atoms with Gasteiger partial charge in [0.25, 0.3) is 0 Å². The number of hydrogen-bond acceptors (Lipinski definition) is 4. The van der Waals surface area contributed by atoms with E-state index in [0.29, 0.717) is 28.7 Å². The zero-order valence-corrected chi connectivity index (χ0v) is 31.5. The van der Waals surface area contributed by atoms with Gasteiger partial charge in [0.05, 0.1) is 24.9 Å². The number of fused-ring (bicyclic) bond motifs is 8. The van der Waals surface area contributed by atoms with Crippen LogP contribution >= 0.6 is 11.3 Å². The lowest BCUT2D eigenvalue weighted by Crippen LogP contribution is -2.02. The molecule has 270 valence electrons. The van der Waals surface area contributed by atoms with Crippen molar-refractivity contribution in [1.82, 2.24) is 19.5 Å². The molecule has 0 aliphatic rings. The van der Waals surface area contributed by atoms with Crippen LogP contribution in [0.2, 0.25) is 0 Å². The Morgan fingerprint density at radius 2 is 0.948 bits per heavy atom. The lowest BCUT2D eigenvalue weighted by molar-refractivity contribution is 1.07. The SMILES string of the molecule is [2H]c1cc([2H])c2c(c1[2H])c1c([2H])c([2H])cc([2H])c1n2-c1cc(-c2nc(-c3ccc4ccccc4c3)nc(-c3ccc4ccccc4c3)n2)ccc1-c1cccc2c1sc1ccccc12. The van der Waals surface area contributed by atoms with E-state index in [2.05, 4.69) is 72.8 Å². The third kappa shape index (κ3) is 5.25. The largest absolute Gasteiger partial charge is 0.309 e. The van der Waals surface area contributed by atoms with Gasteiger partial charge in [-0.25, -0.2) is 15.0 Å². The van der Waals surface area contributed by atoms with E-state index >= 15 is 0 Å². The quantitative estimate of drug-likeness (QED) is 0.175. The zero-order valence-electron chi connectivity index (χ0n) is 36.7. The molecule has 0 N–H and O–H groups in total. The normalized spacial score (nSPS) is 13.2. The average Bonchev–Trinajstić information content (AvgIpc) is 3.90. The van der Waals surface area contributed by atoms with Crippen LogP contribution < -0.4 is 0 Å². The summed E-state index contributed by atoms with van der Waals surface area (Å²) in [5, 5.41) is 6.90. The van der Waals surface area contributed by atoms with Gasteiger partial charge in [0.2, 0.25) is 0 Å². The van der Waals surface area contributed by atoms with Gasteiger partial charge in [-0.1, -0.05) is 158 Å². The summed E-state index contributed by atoms with van der Waals surface area (Å²) >= 11 is 1.69. The Balaban J connectivity index is 1.19. The Kier molecular flexibility index (Phi) is 6.12. The van der Waals surface area contributed by atoms with Gasteiger partial charge in [-0.15, -0.1) is 11.3 Å². The number of nitrogens with zero attached hydrogens (tertiary/aromatic N) is 4. The third-order valence-corrected chi connectivity index (χ3v) is 12.2. The minimum atomic E-state index is -0.172. The second-order valence-electron chi connectivity index (χ2n) is 14.3. The molecule has 0 aliphatic carbocycles. The molecular formula is C53H32N4S. The number of thiophene rings is 1. The lowest BCUT2D eigenvalue weighted by atomic mass is 9.98. The topological polar surface area (TPSA) is 43.6 Å². The van der Waals surface area contributed by atoms with Crippen LogP contribution in [0.4, 0.5) is 0 Å². The molecule has 58 heavy (non-hydrogen) atoms. The van der Waals surface area contributed by atoms with E-state index in [-0.39, 0.29) is 58.1 Å². The smallest absolute Gasteiger partial charge is 0.164 e. The van der Waals surface area contributed by atoms with Gasteiger partial charge in [0.15, 0.2) is 17.5 Å². The fourth-order valence-corrected chi connectivity index (χ4v) is 9.45. The van der Waals surface area contributed by atoms with Crippen LogP contribution in [0.15, 0.2) is 194 Å². The first-order valence-electron chi connectivity index (χ1n) is 22.0. The fourth-order valence-electron chi connectivity index (χ4n) is 8.22. The summed E-state index contributed by atoms with van der Waals surface area (Å²) in [7, 11) is 0. The summed E-state index contributed by atoms with van der Waals surface area (Å²) in [6.07, 6.45) is 0. The van der Waals surface area contributed by atoms with E-state index in [0.717, 1.165) is 64.0 Å². The summed E-state index contributed by atoms with van der Waals surface area (Å²) in [5.74, 6) is 1.38. The molecule has 0 unspecified atom stereocenters. The molecule has 0 atom stereocenters. The summed E-state index contributed by atoms with van der Waals surface area (Å²) in [4.78, 5) is 15.4. The summed E-state index contributed by atoms with van der Waals surface area (Å²) in [6.45, 7) is 0. The second kappa shape index (κ2) is 13.1. The van der Waals surface area contributed by atoms with Crippen LogP contribution in [0.5, 0.6) is 0 Å². The van der Waals surface area contributed by atoms with Crippen molar-refractivity contribution in [2.45, 2.75) is 0 Å². The highest BCUT2D eigenvalue weighted by Crippen LogP contribution is 2.44. The van der Waals surface area contributed by atoms with Crippen LogP contribution in [0, 0.1) is 0 Å². The molecule has 12 aromatic rings. The first-order chi connectivity index (χ1) is 31.2. The predicted octanol–water partition coefficient (Wildman–Crippen LogP) is 14.3. The Morgan fingerprint density at radius 1 is 0.414 bits per heavy atom. The van der Waals surface area contributed by atoms with Crippen molar-refractivity contribution in [3.8, 4) is 51.0 Å². The Hall–Kier alpha value is -7.47. The maximum atomic E-state index is 9.35. The van der Waals surface area contributed by atoms with E-state index < -0.39 is 0 Å². The maximum absolute atomic E-state index is 9.35. The first-order valence-corrected chi connectivity index (χ1v) is 19.8. The standard InChI is InChI=1S/C53H32N4S/c1-3-14-35-30-37(26-24-33(35)12-1)51-54-52(38-27-25-34-13-2-4-15-36(34)31-38)56-53(55-51)39-28-29-42(44-19-11-20-45-43-18-7-10-23-49(43)58-50(44)45)48(32-39)57-46-21-8-5-16-40(46)41-17-6-9-22-47(41)57/h1-32H/i5D,6D,16D,17D,21D,22D. The number of para-hydroxylation sites is 2. The molecule has 0 amide bonds. The van der Waals surface area contributed by atoms with E-state index in [1.54, 1.807) is 15.9 Å². The van der Waals surface area contributed by atoms with Gasteiger partial charge in [-0.05, 0) is 57.9 Å². The van der Waals surface area contributed by atoms with Gasteiger partial charge < -0.3 is 4.57 Å². The number of rotatable bonds is 5. The van der Waals surface area contributed by atoms with Crippen LogP contribution in [-0.4, -0.2) is 19.5 Å². The lowest BCUT2D eigenvalue weighted by Gasteiger charge is -2.17. The van der Waals surface area contributed by atoms with Crippen LogP contribution in [-0.2, 0) is 0 Å². The summed E-state index contributed by atoms with van der Waals surface area (Å²) < 4.78 is 58.3. The monoisotopic (exact) mass is 762 g/mol. The molecule has 12 rings (SSSR count). The number of hydrogen-bond donors (Lipinski definition) is 0. The molecule has 0 aliphatic heterocycles. The molecular weight excluding hydrogens is 725 g/mol. The zero-order chi connectivity index (χ0) is 43.4. The van der Waals surface area contributed by atoms with Gasteiger partial charge in [-0.3, -0.25) is 0 Å². The highest BCUT2D eigenvalue weighted by molar-refractivity contribution is 7.26. The van der Waals surface area contributed by atoms with Gasteiger partial charge in [-0.2, -0.15) is 0 Å². The molecule has 4 nitrogen and oxygen atoms in total. The molecule has 9 aromatic carbocycles.